The minimum Gasteiger partial charge on any atom is -0.0614 e. The summed E-state index contributed by atoms with van der Waals surface area (Å²) < 4.78 is 1.55. The van der Waals surface area contributed by atoms with Gasteiger partial charge in [-0.25, -0.2) is 0 Å². The van der Waals surface area contributed by atoms with Crippen LogP contribution in [0, 0.1) is 13.8 Å². The van der Waals surface area contributed by atoms with Crippen LogP contribution in [0.15, 0.2) is 35.7 Å². The van der Waals surface area contributed by atoms with Gasteiger partial charge in [-0.2, -0.15) is 0 Å². The first-order chi connectivity index (χ1) is 7.68. The topological polar surface area (TPSA) is 0 Å². The molecule has 1 aromatic heterocycles. The maximum absolute atomic E-state index is 2.33. The first-order valence-corrected chi connectivity index (χ1v) is 7.24. The Balaban J connectivity index is 2.57. The van der Waals surface area contributed by atoms with Crippen LogP contribution in [-0.2, 0) is 6.26 Å². The normalized spacial score (nSPS) is 12.6. The van der Waals surface area contributed by atoms with Crippen LogP contribution < -0.4 is 0 Å². The van der Waals surface area contributed by atoms with E-state index < -0.39 is 0 Å². The summed E-state index contributed by atoms with van der Waals surface area (Å²) in [6, 6.07) is 11.2. The largest absolute Gasteiger partial charge is 0.188 e. The molecule has 1 unspecified atom stereocenters. The fourth-order valence-corrected chi connectivity index (χ4v) is 4.06. The van der Waals surface area contributed by atoms with E-state index in [1.54, 1.807) is 4.70 Å². The molecule has 0 aromatic carbocycles. The average Bonchev–Trinajstić information content (AvgIpc) is 2.65. The molecule has 0 amide bonds. The molecule has 1 heteroatoms. The summed E-state index contributed by atoms with van der Waals surface area (Å²) >= 11 is 0. The Kier molecular flexibility index (Phi) is 2.05. The van der Waals surface area contributed by atoms with E-state index in [1.165, 1.54) is 27.6 Å². The van der Waals surface area contributed by atoms with Crippen molar-refractivity contribution in [1.82, 2.24) is 0 Å². The van der Waals surface area contributed by atoms with Gasteiger partial charge in [0.1, 0.15) is 11.6 Å². The predicted molar refractivity (Wildman–Crippen MR) is 73.5 cm³/mol. The maximum Gasteiger partial charge on any atom is 0.188 e. The first-order valence-electron chi connectivity index (χ1n) is 5.54. The van der Waals surface area contributed by atoms with Gasteiger partial charge in [0.2, 0.25) is 0 Å². The summed E-state index contributed by atoms with van der Waals surface area (Å²) in [5.41, 5.74) is 5.65. The van der Waals surface area contributed by atoms with Crippen LogP contribution in [0.2, 0.25) is 0 Å². The highest BCUT2D eigenvalue weighted by atomic mass is 32.2. The van der Waals surface area contributed by atoms with Crippen LogP contribution >= 0.6 is 10.5 Å². The smallest absolute Gasteiger partial charge is 0.0614 e. The van der Waals surface area contributed by atoms with E-state index in [-0.39, 0.29) is 10.5 Å². The summed E-state index contributed by atoms with van der Waals surface area (Å²) in [6.45, 7) is 4.41. The zero-order valence-corrected chi connectivity index (χ0v) is 10.7. The highest BCUT2D eigenvalue weighted by molar-refractivity contribution is 7.34. The third-order valence-corrected chi connectivity index (χ3v) is 4.97. The molecular formula is C15H15S+. The summed E-state index contributed by atoms with van der Waals surface area (Å²) in [4.78, 5) is 0. The first kappa shape index (κ1) is 9.86. The summed E-state index contributed by atoms with van der Waals surface area (Å²) in [6.07, 6.45) is 2.31. The molecule has 1 heterocycles. The van der Waals surface area contributed by atoms with Gasteiger partial charge in [0.15, 0.2) is 4.70 Å². The zero-order valence-electron chi connectivity index (χ0n) is 9.87. The van der Waals surface area contributed by atoms with E-state index in [9.17, 15) is 0 Å². The molecule has 0 N–H and O–H groups in total. The van der Waals surface area contributed by atoms with Gasteiger partial charge in [-0.15, -0.1) is 0 Å². The number of thiophene rings is 1. The fourth-order valence-electron chi connectivity index (χ4n) is 2.50. The quantitative estimate of drug-likeness (QED) is 0.482. The van der Waals surface area contributed by atoms with Crippen LogP contribution in [-0.4, -0.2) is 0 Å². The molecule has 0 saturated carbocycles. The number of hydrogen-bond acceptors (Lipinski definition) is 0. The van der Waals surface area contributed by atoms with Gasteiger partial charge in [0.05, 0.1) is 0 Å². The predicted octanol–water partition coefficient (Wildman–Crippen LogP) is 4.85. The van der Waals surface area contributed by atoms with Crippen molar-refractivity contribution in [2.75, 3.05) is 0 Å². The van der Waals surface area contributed by atoms with E-state index in [2.05, 4.69) is 55.8 Å². The molecular weight excluding hydrogens is 212 g/mol. The van der Waals surface area contributed by atoms with Gasteiger partial charge in [-0.3, -0.25) is 0 Å². The van der Waals surface area contributed by atoms with Crippen molar-refractivity contribution in [3.8, 4) is 11.1 Å². The van der Waals surface area contributed by atoms with Crippen LogP contribution in [0.25, 0.3) is 21.2 Å². The average molecular weight is 227 g/mol. The second kappa shape index (κ2) is 3.33. The summed E-state index contributed by atoms with van der Waals surface area (Å²) in [7, 11) is 0.288. The van der Waals surface area contributed by atoms with Crippen LogP contribution in [0.4, 0.5) is 0 Å². The van der Waals surface area contributed by atoms with Crippen LogP contribution in [0.5, 0.6) is 0 Å². The van der Waals surface area contributed by atoms with E-state index >= 15 is 0 Å². The molecule has 80 valence electrons. The van der Waals surface area contributed by atoms with E-state index in [4.69, 9.17) is 0 Å². The van der Waals surface area contributed by atoms with Crippen molar-refractivity contribution >= 4 is 20.6 Å². The fraction of sp³-hybridized carbons (Fsp3) is 0.200. The Morgan fingerprint density at radius 1 is 1.00 bits per heavy atom. The second-order valence-corrected chi connectivity index (χ2v) is 6.27. The number of fused-ring (bicyclic) bond motifs is 3. The van der Waals surface area contributed by atoms with Gasteiger partial charge < -0.3 is 0 Å². The molecule has 2 aliphatic carbocycles. The Bertz CT molecular complexity index is 646. The van der Waals surface area contributed by atoms with Crippen molar-refractivity contribution in [2.24, 2.45) is 6.26 Å². The Labute approximate surface area is 98.9 Å². The minimum absolute atomic E-state index is 0.288. The third-order valence-electron chi connectivity index (χ3n) is 3.34. The highest BCUT2D eigenvalue weighted by Crippen LogP contribution is 2.44. The Morgan fingerprint density at radius 3 is 2.62 bits per heavy atom. The Hall–Kier alpha value is -1.34. The third kappa shape index (κ3) is 1.21. The molecule has 0 saturated heterocycles. The number of rotatable bonds is 0. The molecule has 1 aromatic rings. The second-order valence-electron chi connectivity index (χ2n) is 4.47. The van der Waals surface area contributed by atoms with Gasteiger partial charge in [0.25, 0.3) is 0 Å². The minimum atomic E-state index is 0.288. The van der Waals surface area contributed by atoms with Crippen molar-refractivity contribution in [3.63, 3.8) is 0 Å². The Morgan fingerprint density at radius 2 is 1.81 bits per heavy atom. The van der Waals surface area contributed by atoms with Gasteiger partial charge in [-0.05, 0) is 41.5 Å². The lowest BCUT2D eigenvalue weighted by molar-refractivity contribution is 1.52. The lowest BCUT2D eigenvalue weighted by atomic mass is 10.1. The molecule has 0 spiro atoms. The number of hydrogen-bond donors (Lipinski definition) is 0. The van der Waals surface area contributed by atoms with Crippen molar-refractivity contribution in [1.29, 1.82) is 0 Å². The monoisotopic (exact) mass is 227 g/mol. The number of aryl methyl sites for hydroxylation is 3. The summed E-state index contributed by atoms with van der Waals surface area (Å²) in [5.74, 6) is 0. The maximum atomic E-state index is 2.33. The molecule has 0 fully saturated rings. The summed E-state index contributed by atoms with van der Waals surface area (Å²) in [5, 5.41) is 3.80. The van der Waals surface area contributed by atoms with Crippen molar-refractivity contribution in [2.45, 2.75) is 13.8 Å². The molecule has 1 atom stereocenters. The van der Waals surface area contributed by atoms with Gasteiger partial charge in [-0.1, -0.05) is 23.8 Å². The van der Waals surface area contributed by atoms with Crippen LogP contribution in [0.1, 0.15) is 11.1 Å². The molecule has 0 radical (unpaired) electrons. The highest BCUT2D eigenvalue weighted by Gasteiger charge is 2.22. The van der Waals surface area contributed by atoms with Crippen molar-refractivity contribution in [3.05, 3.63) is 46.8 Å². The van der Waals surface area contributed by atoms with E-state index in [0.29, 0.717) is 0 Å². The molecule has 0 bridgehead atoms. The van der Waals surface area contributed by atoms with Gasteiger partial charge >= 0.3 is 0 Å². The lowest BCUT2D eigenvalue weighted by Gasteiger charge is -1.93. The van der Waals surface area contributed by atoms with Gasteiger partial charge in [0, 0.05) is 17.0 Å². The zero-order chi connectivity index (χ0) is 11.3. The standard InChI is InChI=1S/C15H15S/c1-10-5-4-6-12-11(2)13-7-8-16(3)15(13)14(12)9-10/h4-9H,1-3H3/q+1. The lowest BCUT2D eigenvalue weighted by Crippen LogP contribution is -1.71. The molecule has 16 heavy (non-hydrogen) atoms. The van der Waals surface area contributed by atoms with E-state index in [1.807, 2.05) is 0 Å². The van der Waals surface area contributed by atoms with Crippen LogP contribution in [0.3, 0.4) is 0 Å². The molecule has 2 aliphatic rings. The molecule has 3 rings (SSSR count). The molecule has 0 nitrogen and oxygen atoms in total. The van der Waals surface area contributed by atoms with Crippen molar-refractivity contribution < 1.29 is 0 Å². The van der Waals surface area contributed by atoms with E-state index in [0.717, 1.165) is 0 Å². The molecule has 0 aliphatic heterocycles. The SMILES string of the molecule is Cc1cccc2c(C)c3cc[s+](C)c3c-2c1.